The van der Waals surface area contributed by atoms with Crippen LogP contribution in [0.2, 0.25) is 0 Å². The maximum absolute atomic E-state index is 13.0. The molecule has 0 fully saturated rings. The van der Waals surface area contributed by atoms with Gasteiger partial charge in [0.25, 0.3) is 0 Å². The van der Waals surface area contributed by atoms with Crippen LogP contribution < -0.4 is 4.18 Å². The maximum Gasteiger partial charge on any atom is 0.339 e. The summed E-state index contributed by atoms with van der Waals surface area (Å²) in [4.78, 5) is -0.0473. The third-order valence-electron chi connectivity index (χ3n) is 2.41. The summed E-state index contributed by atoms with van der Waals surface area (Å²) in [7, 11) is -3.97. The summed E-state index contributed by atoms with van der Waals surface area (Å²) in [6, 6.07) is 9.91. The predicted octanol–water partition coefficient (Wildman–Crippen LogP) is 3.66. The predicted molar refractivity (Wildman–Crippen MR) is 73.1 cm³/mol. The second-order valence-corrected chi connectivity index (χ2v) is 6.34. The van der Waals surface area contributed by atoms with Gasteiger partial charge in [0.15, 0.2) is 0 Å². The quantitative estimate of drug-likeness (QED) is 0.798. The molecule has 0 radical (unpaired) electrons. The van der Waals surface area contributed by atoms with Gasteiger partial charge in [-0.2, -0.15) is 8.42 Å². The van der Waals surface area contributed by atoms with Gasteiger partial charge in [-0.15, -0.1) is 0 Å². The number of halogens is 2. The molecule has 19 heavy (non-hydrogen) atoms. The van der Waals surface area contributed by atoms with Gasteiger partial charge in [-0.3, -0.25) is 0 Å². The van der Waals surface area contributed by atoms with E-state index < -0.39 is 15.9 Å². The van der Waals surface area contributed by atoms with Crippen LogP contribution in [0.5, 0.6) is 5.75 Å². The second kappa shape index (κ2) is 5.30. The first kappa shape index (κ1) is 14.0. The Bertz CT molecular complexity index is 714. The summed E-state index contributed by atoms with van der Waals surface area (Å²) < 4.78 is 42.9. The first-order valence-corrected chi connectivity index (χ1v) is 7.55. The van der Waals surface area contributed by atoms with Crippen LogP contribution in [0.3, 0.4) is 0 Å². The number of hydrogen-bond donors (Lipinski definition) is 0. The van der Waals surface area contributed by atoms with E-state index in [1.54, 1.807) is 12.1 Å². The lowest BCUT2D eigenvalue weighted by molar-refractivity contribution is 0.485. The molecule has 0 heterocycles. The molecule has 0 aliphatic carbocycles. The summed E-state index contributed by atoms with van der Waals surface area (Å²) in [5.41, 5.74) is 0.301. The highest BCUT2D eigenvalue weighted by atomic mass is 79.9. The minimum absolute atomic E-state index is 0.0473. The first-order chi connectivity index (χ1) is 8.88. The maximum atomic E-state index is 13.0. The fourth-order valence-electron chi connectivity index (χ4n) is 1.58. The molecule has 2 rings (SSSR count). The molecule has 0 amide bonds. The second-order valence-electron chi connectivity index (χ2n) is 3.90. The zero-order valence-electron chi connectivity index (χ0n) is 9.93. The van der Waals surface area contributed by atoms with Crippen molar-refractivity contribution in [3.05, 3.63) is 58.3 Å². The molecule has 2 aromatic carbocycles. The van der Waals surface area contributed by atoms with Crippen LogP contribution in [-0.4, -0.2) is 8.42 Å². The molecule has 0 aliphatic rings. The molecule has 0 aliphatic heterocycles. The van der Waals surface area contributed by atoms with Crippen molar-refractivity contribution in [2.45, 2.75) is 11.8 Å². The SMILES string of the molecule is Cc1cc(F)ccc1S(=O)(=O)Oc1cccc(Br)c1. The van der Waals surface area contributed by atoms with Crippen LogP contribution in [0.25, 0.3) is 0 Å². The van der Waals surface area contributed by atoms with Crippen LogP contribution in [-0.2, 0) is 10.1 Å². The van der Waals surface area contributed by atoms with Crippen LogP contribution in [0.15, 0.2) is 51.8 Å². The molecule has 100 valence electrons. The summed E-state index contributed by atoms with van der Waals surface area (Å²) in [6.45, 7) is 1.51. The van der Waals surface area contributed by atoms with Gasteiger partial charge in [0.2, 0.25) is 0 Å². The first-order valence-electron chi connectivity index (χ1n) is 5.35. The highest BCUT2D eigenvalue weighted by Gasteiger charge is 2.19. The molecule has 3 nitrogen and oxygen atoms in total. The Labute approximate surface area is 119 Å². The van der Waals surface area contributed by atoms with E-state index in [9.17, 15) is 12.8 Å². The minimum Gasteiger partial charge on any atom is -0.379 e. The van der Waals surface area contributed by atoms with Gasteiger partial charge >= 0.3 is 10.1 Å². The molecule has 6 heteroatoms. The largest absolute Gasteiger partial charge is 0.379 e. The van der Waals surface area contributed by atoms with Gasteiger partial charge in [-0.25, -0.2) is 4.39 Å². The monoisotopic (exact) mass is 344 g/mol. The van der Waals surface area contributed by atoms with Crippen molar-refractivity contribution < 1.29 is 17.0 Å². The van der Waals surface area contributed by atoms with Gasteiger partial charge in [-0.1, -0.05) is 22.0 Å². The molecular formula is C13H10BrFO3S. The summed E-state index contributed by atoms with van der Waals surface area (Å²) in [5.74, 6) is -0.294. The van der Waals surface area contributed by atoms with E-state index in [1.165, 1.54) is 25.1 Å². The lowest BCUT2D eigenvalue weighted by Crippen LogP contribution is -2.11. The van der Waals surface area contributed by atoms with E-state index in [-0.39, 0.29) is 10.6 Å². The molecule has 0 atom stereocenters. The molecule has 0 saturated heterocycles. The highest BCUT2D eigenvalue weighted by molar-refractivity contribution is 9.10. The zero-order valence-corrected chi connectivity index (χ0v) is 12.3. The third kappa shape index (κ3) is 3.33. The average Bonchev–Trinajstić information content (AvgIpc) is 2.27. The van der Waals surface area contributed by atoms with Crippen molar-refractivity contribution >= 4 is 26.0 Å². The van der Waals surface area contributed by atoms with Crippen molar-refractivity contribution in [3.63, 3.8) is 0 Å². The standard InChI is InChI=1S/C13H10BrFO3S/c1-9-7-11(15)5-6-13(9)19(16,17)18-12-4-2-3-10(14)8-12/h2-8H,1H3. The molecule has 0 aromatic heterocycles. The molecular weight excluding hydrogens is 335 g/mol. The lowest BCUT2D eigenvalue weighted by Gasteiger charge is -2.09. The Kier molecular flexibility index (Phi) is 3.91. The Hall–Kier alpha value is -1.40. The number of benzene rings is 2. The Morgan fingerprint density at radius 1 is 1.16 bits per heavy atom. The molecule has 0 N–H and O–H groups in total. The van der Waals surface area contributed by atoms with Gasteiger partial charge in [0.05, 0.1) is 0 Å². The smallest absolute Gasteiger partial charge is 0.339 e. The van der Waals surface area contributed by atoms with E-state index >= 15 is 0 Å². The van der Waals surface area contributed by atoms with Gasteiger partial charge in [-0.05, 0) is 48.9 Å². The van der Waals surface area contributed by atoms with Crippen molar-refractivity contribution in [3.8, 4) is 5.75 Å². The van der Waals surface area contributed by atoms with Crippen molar-refractivity contribution in [1.29, 1.82) is 0 Å². The summed E-state index contributed by atoms with van der Waals surface area (Å²) in [5, 5.41) is 0. The molecule has 0 saturated carbocycles. The van der Waals surface area contributed by atoms with Gasteiger partial charge in [0, 0.05) is 4.47 Å². The van der Waals surface area contributed by atoms with Crippen molar-refractivity contribution in [2.75, 3.05) is 0 Å². The zero-order chi connectivity index (χ0) is 14.0. The molecule has 0 unspecified atom stereocenters. The van der Waals surface area contributed by atoms with Crippen LogP contribution in [0.1, 0.15) is 5.56 Å². The van der Waals surface area contributed by atoms with Crippen LogP contribution in [0.4, 0.5) is 4.39 Å². The van der Waals surface area contributed by atoms with E-state index in [0.29, 0.717) is 10.0 Å². The topological polar surface area (TPSA) is 43.4 Å². The normalized spacial score (nSPS) is 11.3. The Balaban J connectivity index is 2.38. The fourth-order valence-corrected chi connectivity index (χ4v) is 3.10. The van der Waals surface area contributed by atoms with Crippen LogP contribution >= 0.6 is 15.9 Å². The van der Waals surface area contributed by atoms with E-state index in [0.717, 1.165) is 12.1 Å². The Morgan fingerprint density at radius 2 is 1.89 bits per heavy atom. The van der Waals surface area contributed by atoms with Crippen molar-refractivity contribution in [2.24, 2.45) is 0 Å². The molecule has 2 aromatic rings. The van der Waals surface area contributed by atoms with Gasteiger partial charge < -0.3 is 4.18 Å². The highest BCUT2D eigenvalue weighted by Crippen LogP contribution is 2.24. The fraction of sp³-hybridized carbons (Fsp3) is 0.0769. The van der Waals surface area contributed by atoms with Crippen LogP contribution in [0, 0.1) is 12.7 Å². The summed E-state index contributed by atoms with van der Waals surface area (Å²) in [6.07, 6.45) is 0. The van der Waals surface area contributed by atoms with E-state index in [2.05, 4.69) is 15.9 Å². The van der Waals surface area contributed by atoms with E-state index in [1.807, 2.05) is 0 Å². The Morgan fingerprint density at radius 3 is 2.53 bits per heavy atom. The minimum atomic E-state index is -3.97. The lowest BCUT2D eigenvalue weighted by atomic mass is 10.2. The van der Waals surface area contributed by atoms with E-state index in [4.69, 9.17) is 4.18 Å². The number of rotatable bonds is 3. The number of hydrogen-bond acceptors (Lipinski definition) is 3. The van der Waals surface area contributed by atoms with Crippen molar-refractivity contribution in [1.82, 2.24) is 0 Å². The average molecular weight is 345 g/mol. The molecule has 0 bridgehead atoms. The number of aryl methyl sites for hydroxylation is 1. The van der Waals surface area contributed by atoms with Gasteiger partial charge in [0.1, 0.15) is 16.5 Å². The molecule has 0 spiro atoms. The third-order valence-corrected chi connectivity index (χ3v) is 4.31. The summed E-state index contributed by atoms with van der Waals surface area (Å²) >= 11 is 3.23.